The van der Waals surface area contributed by atoms with Crippen molar-refractivity contribution in [3.05, 3.63) is 68.6 Å². The van der Waals surface area contributed by atoms with Crippen molar-refractivity contribution in [2.24, 2.45) is 0 Å². The van der Waals surface area contributed by atoms with Gasteiger partial charge in [-0.3, -0.25) is 40.2 Å². The van der Waals surface area contributed by atoms with Gasteiger partial charge in [-0.2, -0.15) is 0 Å². The highest BCUT2D eigenvalue weighted by Gasteiger charge is 2.33. The quantitative estimate of drug-likeness (QED) is 0.252. The van der Waals surface area contributed by atoms with Gasteiger partial charge in [0.15, 0.2) is 11.5 Å². The van der Waals surface area contributed by atoms with Crippen LogP contribution in [0, 0.1) is 10.1 Å². The van der Waals surface area contributed by atoms with Crippen molar-refractivity contribution in [1.29, 1.82) is 0 Å². The molecule has 2 N–H and O–H groups in total. The van der Waals surface area contributed by atoms with Gasteiger partial charge in [-0.25, -0.2) is 0 Å². The van der Waals surface area contributed by atoms with E-state index >= 15 is 0 Å². The van der Waals surface area contributed by atoms with Crippen molar-refractivity contribution < 1.29 is 28.8 Å². The number of para-hydroxylation sites is 1. The number of ether oxygens (including phenoxy) is 2. The first-order chi connectivity index (χ1) is 16.2. The molecule has 1 fully saturated rings. The van der Waals surface area contributed by atoms with Gasteiger partial charge in [-0.05, 0) is 29.8 Å². The largest absolute Gasteiger partial charge is 0.493 e. The predicted molar refractivity (Wildman–Crippen MR) is 128 cm³/mol. The number of nitro benzene ring substituents is 1. The first-order valence-electron chi connectivity index (χ1n) is 9.55. The third kappa shape index (κ3) is 5.50. The third-order valence-electron chi connectivity index (χ3n) is 4.54. The van der Waals surface area contributed by atoms with E-state index in [2.05, 4.69) is 10.9 Å². The number of hydrogen-bond acceptors (Lipinski definition) is 9. The summed E-state index contributed by atoms with van der Waals surface area (Å²) < 4.78 is 10.6. The van der Waals surface area contributed by atoms with Crippen LogP contribution in [-0.4, -0.2) is 52.6 Å². The van der Waals surface area contributed by atoms with E-state index in [1.807, 2.05) is 0 Å². The number of hydrazine groups is 1. The van der Waals surface area contributed by atoms with Crippen LogP contribution < -0.4 is 20.3 Å². The highest BCUT2D eigenvalue weighted by molar-refractivity contribution is 8.26. The molecule has 0 atom stereocenters. The molecule has 0 saturated carbocycles. The molecule has 11 nitrogen and oxygen atoms in total. The molecule has 1 heterocycles. The van der Waals surface area contributed by atoms with Crippen LogP contribution in [0.1, 0.15) is 15.9 Å². The Morgan fingerprint density at radius 3 is 2.53 bits per heavy atom. The number of carbonyl (C=O) groups excluding carboxylic acids is 3. The van der Waals surface area contributed by atoms with Gasteiger partial charge in [-0.15, -0.1) is 0 Å². The Morgan fingerprint density at radius 2 is 1.85 bits per heavy atom. The van der Waals surface area contributed by atoms with E-state index in [1.54, 1.807) is 24.3 Å². The number of rotatable bonds is 7. The summed E-state index contributed by atoms with van der Waals surface area (Å²) in [5, 5.41) is 11.1. The molecule has 0 aliphatic carbocycles. The van der Waals surface area contributed by atoms with Crippen molar-refractivity contribution in [3.63, 3.8) is 0 Å². The molecule has 0 radical (unpaired) electrons. The van der Waals surface area contributed by atoms with Crippen LogP contribution in [0.5, 0.6) is 11.5 Å². The van der Waals surface area contributed by atoms with Crippen molar-refractivity contribution in [3.8, 4) is 11.5 Å². The Labute approximate surface area is 203 Å². The van der Waals surface area contributed by atoms with E-state index in [0.717, 1.165) is 16.7 Å². The molecule has 1 aliphatic rings. The maximum absolute atomic E-state index is 12.8. The summed E-state index contributed by atoms with van der Waals surface area (Å²) >= 11 is 6.24. The summed E-state index contributed by atoms with van der Waals surface area (Å²) in [5.74, 6) is -1.08. The smallest absolute Gasteiger partial charge is 0.282 e. The summed E-state index contributed by atoms with van der Waals surface area (Å²) in [6.07, 6.45) is 1.61. The van der Waals surface area contributed by atoms with Gasteiger partial charge in [0.05, 0.1) is 24.0 Å². The van der Waals surface area contributed by atoms with Crippen LogP contribution in [0.3, 0.4) is 0 Å². The summed E-state index contributed by atoms with van der Waals surface area (Å²) in [6, 6.07) is 10.4. The molecule has 2 aromatic rings. The van der Waals surface area contributed by atoms with Gasteiger partial charge in [0.2, 0.25) is 0 Å². The van der Waals surface area contributed by atoms with Crippen LogP contribution in [0.4, 0.5) is 5.69 Å². The third-order valence-corrected chi connectivity index (χ3v) is 5.92. The van der Waals surface area contributed by atoms with E-state index in [4.69, 9.17) is 21.7 Å². The Morgan fingerprint density at radius 1 is 1.15 bits per heavy atom. The van der Waals surface area contributed by atoms with Crippen molar-refractivity contribution >= 4 is 57.8 Å². The lowest BCUT2D eigenvalue weighted by Gasteiger charge is -2.14. The lowest BCUT2D eigenvalue weighted by molar-refractivity contribution is -0.385. The number of thiocarbonyl (C=S) groups is 1. The van der Waals surface area contributed by atoms with E-state index in [9.17, 15) is 24.5 Å². The summed E-state index contributed by atoms with van der Waals surface area (Å²) in [6.45, 7) is -0.453. The first kappa shape index (κ1) is 24.7. The molecule has 1 aliphatic heterocycles. The standard InChI is InChI=1S/C21H18N4O7S2/c1-31-15-8-7-12(9-16(15)32-2)10-17-20(28)24(21(33)34-17)11-18(26)22-23-19(27)13-5-3-4-6-14(13)25(29)30/h3-10H,11H2,1-2H3,(H,22,26)(H,23,27). The number of nitro groups is 1. The first-order valence-corrected chi connectivity index (χ1v) is 10.8. The topological polar surface area (TPSA) is 140 Å². The van der Waals surface area contributed by atoms with E-state index in [0.29, 0.717) is 22.0 Å². The van der Waals surface area contributed by atoms with Crippen LogP contribution in [-0.2, 0) is 9.59 Å². The maximum atomic E-state index is 12.8. The minimum Gasteiger partial charge on any atom is -0.493 e. The highest BCUT2D eigenvalue weighted by Crippen LogP contribution is 2.34. The van der Waals surface area contributed by atoms with E-state index in [1.165, 1.54) is 38.5 Å². The van der Waals surface area contributed by atoms with Crippen LogP contribution in [0.25, 0.3) is 6.08 Å². The minimum atomic E-state index is -0.876. The number of nitrogens with one attached hydrogen (secondary N) is 2. The molecule has 13 heteroatoms. The van der Waals surface area contributed by atoms with Gasteiger partial charge in [0, 0.05) is 6.07 Å². The number of methoxy groups -OCH3 is 2. The SMILES string of the molecule is COc1ccc(C=C2SC(=S)N(CC(=O)NNC(=O)c3ccccc3[N+](=O)[O-])C2=O)cc1OC. The summed E-state index contributed by atoms with van der Waals surface area (Å²) in [4.78, 5) is 49.0. The lowest BCUT2D eigenvalue weighted by atomic mass is 10.2. The molecular formula is C21H18N4O7S2. The van der Waals surface area contributed by atoms with Crippen molar-refractivity contribution in [2.45, 2.75) is 0 Å². The lowest BCUT2D eigenvalue weighted by Crippen LogP contribution is -2.47. The van der Waals surface area contributed by atoms with Crippen molar-refractivity contribution in [2.75, 3.05) is 20.8 Å². The molecule has 3 rings (SSSR count). The van der Waals surface area contributed by atoms with Crippen molar-refractivity contribution in [1.82, 2.24) is 15.8 Å². The second-order valence-corrected chi connectivity index (χ2v) is 8.33. The number of nitrogens with zero attached hydrogens (tertiary/aromatic N) is 2. The fourth-order valence-electron chi connectivity index (χ4n) is 2.93. The Hall–Kier alpha value is -3.97. The average Bonchev–Trinajstić information content (AvgIpc) is 3.09. The second-order valence-electron chi connectivity index (χ2n) is 6.66. The van der Waals surface area contributed by atoms with Gasteiger partial charge < -0.3 is 9.47 Å². The average molecular weight is 503 g/mol. The zero-order chi connectivity index (χ0) is 24.8. The van der Waals surface area contributed by atoms with E-state index < -0.39 is 34.9 Å². The highest BCUT2D eigenvalue weighted by atomic mass is 32.2. The molecule has 2 aromatic carbocycles. The molecule has 3 amide bonds. The number of benzene rings is 2. The number of hydrogen-bond donors (Lipinski definition) is 2. The predicted octanol–water partition coefficient (Wildman–Crippen LogP) is 2.27. The second kappa shape index (κ2) is 10.8. The molecule has 1 saturated heterocycles. The molecule has 34 heavy (non-hydrogen) atoms. The fraction of sp³-hybridized carbons (Fsp3) is 0.143. The number of carbonyl (C=O) groups is 3. The number of amides is 3. The Balaban J connectivity index is 1.64. The van der Waals surface area contributed by atoms with Crippen LogP contribution in [0.15, 0.2) is 47.4 Å². The normalized spacial score (nSPS) is 14.2. The van der Waals surface area contributed by atoms with Gasteiger partial charge in [-0.1, -0.05) is 42.2 Å². The minimum absolute atomic E-state index is 0.164. The molecular weight excluding hydrogens is 484 g/mol. The van der Waals surface area contributed by atoms with Gasteiger partial charge in [0.1, 0.15) is 16.4 Å². The molecule has 0 spiro atoms. The molecule has 176 valence electrons. The summed E-state index contributed by atoms with van der Waals surface area (Å²) in [7, 11) is 3.01. The number of thioether (sulfide) groups is 1. The Kier molecular flexibility index (Phi) is 7.81. The molecule has 0 aromatic heterocycles. The maximum Gasteiger partial charge on any atom is 0.282 e. The Bertz CT molecular complexity index is 1220. The van der Waals surface area contributed by atoms with E-state index in [-0.39, 0.29) is 9.88 Å². The van der Waals surface area contributed by atoms with Gasteiger partial charge in [0.25, 0.3) is 23.4 Å². The van der Waals surface area contributed by atoms with Crippen LogP contribution in [0.2, 0.25) is 0 Å². The molecule has 0 bridgehead atoms. The fourth-order valence-corrected chi connectivity index (χ4v) is 4.19. The summed E-state index contributed by atoms with van der Waals surface area (Å²) in [5.41, 5.74) is 4.26. The monoisotopic (exact) mass is 502 g/mol. The zero-order valence-electron chi connectivity index (χ0n) is 17.9. The van der Waals surface area contributed by atoms with Crippen LogP contribution >= 0.6 is 24.0 Å². The van der Waals surface area contributed by atoms with Gasteiger partial charge >= 0.3 is 0 Å². The zero-order valence-corrected chi connectivity index (χ0v) is 19.5. The molecule has 0 unspecified atom stereocenters.